The summed E-state index contributed by atoms with van der Waals surface area (Å²) in [5.74, 6) is 1.13. The lowest BCUT2D eigenvalue weighted by molar-refractivity contribution is 0.632. The monoisotopic (exact) mass is 277 g/mol. The van der Waals surface area contributed by atoms with Crippen LogP contribution in [0.3, 0.4) is 0 Å². The van der Waals surface area contributed by atoms with E-state index in [1.165, 1.54) is 16.0 Å². The highest BCUT2D eigenvalue weighted by Crippen LogP contribution is 2.26. The molecule has 0 amide bonds. The number of benzene rings is 1. The largest absolute Gasteiger partial charge is 0.307 e. The fourth-order valence-corrected chi connectivity index (χ4v) is 3.34. The van der Waals surface area contributed by atoms with Crippen molar-refractivity contribution in [1.82, 2.24) is 5.32 Å². The molecule has 2 aromatic rings. The molecule has 1 atom stereocenters. The number of hydrogen-bond donors (Lipinski definition) is 1. The molecule has 0 aliphatic carbocycles. The first-order chi connectivity index (χ1) is 8.85. The Bertz CT molecular complexity index is 448. The van der Waals surface area contributed by atoms with Crippen LogP contribution in [0, 0.1) is 0 Å². The molecule has 0 saturated carbocycles. The topological polar surface area (TPSA) is 12.0 Å². The first-order valence-corrected chi connectivity index (χ1v) is 8.26. The predicted molar refractivity (Wildman–Crippen MR) is 82.7 cm³/mol. The van der Waals surface area contributed by atoms with Gasteiger partial charge in [0.05, 0.1) is 6.04 Å². The molecule has 0 bridgehead atoms. The van der Waals surface area contributed by atoms with E-state index >= 15 is 0 Å². The van der Waals surface area contributed by atoms with Crippen molar-refractivity contribution in [3.63, 3.8) is 0 Å². The van der Waals surface area contributed by atoms with Gasteiger partial charge in [0.25, 0.3) is 0 Å². The highest BCUT2D eigenvalue weighted by Gasteiger charge is 2.12. The van der Waals surface area contributed by atoms with Crippen LogP contribution in [-0.2, 0) is 0 Å². The van der Waals surface area contributed by atoms with Gasteiger partial charge in [-0.2, -0.15) is 11.3 Å². The van der Waals surface area contributed by atoms with E-state index in [2.05, 4.69) is 60.3 Å². The van der Waals surface area contributed by atoms with Crippen molar-refractivity contribution in [3.8, 4) is 0 Å². The Kier molecular flexibility index (Phi) is 5.29. The number of thioether (sulfide) groups is 1. The van der Waals surface area contributed by atoms with Crippen LogP contribution >= 0.6 is 23.1 Å². The van der Waals surface area contributed by atoms with E-state index < -0.39 is 0 Å². The average molecular weight is 277 g/mol. The second-order valence-electron chi connectivity index (χ2n) is 4.05. The van der Waals surface area contributed by atoms with Crippen LogP contribution < -0.4 is 5.32 Å². The lowest BCUT2D eigenvalue weighted by Gasteiger charge is -2.17. The van der Waals surface area contributed by atoms with Gasteiger partial charge in [-0.05, 0) is 52.4 Å². The summed E-state index contributed by atoms with van der Waals surface area (Å²) in [5, 5.41) is 7.92. The number of thiophene rings is 1. The zero-order valence-electron chi connectivity index (χ0n) is 10.8. The maximum Gasteiger partial charge on any atom is 0.0584 e. The van der Waals surface area contributed by atoms with E-state index in [1.54, 1.807) is 11.3 Å². The maximum absolute atomic E-state index is 3.55. The van der Waals surface area contributed by atoms with Gasteiger partial charge in [0, 0.05) is 4.90 Å². The van der Waals surface area contributed by atoms with Crippen LogP contribution in [0.15, 0.2) is 46.0 Å². The first kappa shape index (κ1) is 13.7. The highest BCUT2D eigenvalue weighted by molar-refractivity contribution is 7.99. The molecule has 18 heavy (non-hydrogen) atoms. The summed E-state index contributed by atoms with van der Waals surface area (Å²) in [4.78, 5) is 1.35. The molecule has 0 aliphatic heterocycles. The Balaban J connectivity index is 2.20. The standard InChI is InChI=1S/C15H19NS2/c1-3-16-15(13-9-10-17-11-13)12-5-7-14(8-6-12)18-4-2/h5-11,15-16H,3-4H2,1-2H3. The van der Waals surface area contributed by atoms with Crippen LogP contribution in [0.2, 0.25) is 0 Å². The van der Waals surface area contributed by atoms with Crippen molar-refractivity contribution in [3.05, 3.63) is 52.2 Å². The third-order valence-corrected chi connectivity index (χ3v) is 4.40. The lowest BCUT2D eigenvalue weighted by atomic mass is 10.0. The van der Waals surface area contributed by atoms with Gasteiger partial charge in [0.1, 0.15) is 0 Å². The number of nitrogens with one attached hydrogen (secondary N) is 1. The predicted octanol–water partition coefficient (Wildman–Crippen LogP) is 4.56. The molecule has 96 valence electrons. The molecule has 1 N–H and O–H groups in total. The van der Waals surface area contributed by atoms with Crippen molar-refractivity contribution in [1.29, 1.82) is 0 Å². The third kappa shape index (κ3) is 3.37. The van der Waals surface area contributed by atoms with Gasteiger partial charge in [0.2, 0.25) is 0 Å². The summed E-state index contributed by atoms with van der Waals surface area (Å²) >= 11 is 3.64. The average Bonchev–Trinajstić information content (AvgIpc) is 2.91. The minimum absolute atomic E-state index is 0.321. The normalized spacial score (nSPS) is 12.6. The molecule has 0 spiro atoms. The van der Waals surface area contributed by atoms with Crippen LogP contribution in [0.1, 0.15) is 31.0 Å². The molecule has 1 nitrogen and oxygen atoms in total. The van der Waals surface area contributed by atoms with E-state index in [4.69, 9.17) is 0 Å². The van der Waals surface area contributed by atoms with Gasteiger partial charge in [-0.25, -0.2) is 0 Å². The highest BCUT2D eigenvalue weighted by atomic mass is 32.2. The van der Waals surface area contributed by atoms with Gasteiger partial charge in [-0.3, -0.25) is 0 Å². The van der Waals surface area contributed by atoms with Crippen molar-refractivity contribution in [2.75, 3.05) is 12.3 Å². The summed E-state index contributed by atoms with van der Waals surface area (Å²) in [5.41, 5.74) is 2.70. The Labute approximate surface area is 118 Å². The van der Waals surface area contributed by atoms with Gasteiger partial charge in [-0.1, -0.05) is 26.0 Å². The molecule has 0 radical (unpaired) electrons. The number of hydrogen-bond acceptors (Lipinski definition) is 3. The SMILES string of the molecule is CCNC(c1ccc(SCC)cc1)c1ccsc1. The van der Waals surface area contributed by atoms with Gasteiger partial charge >= 0.3 is 0 Å². The molecule has 0 aliphatic rings. The molecular weight excluding hydrogens is 258 g/mol. The summed E-state index contributed by atoms with van der Waals surface area (Å²) in [7, 11) is 0. The van der Waals surface area contributed by atoms with Crippen molar-refractivity contribution < 1.29 is 0 Å². The molecule has 1 aromatic heterocycles. The van der Waals surface area contributed by atoms with Gasteiger partial charge < -0.3 is 5.32 Å². The minimum atomic E-state index is 0.321. The quantitative estimate of drug-likeness (QED) is 0.777. The molecule has 2 rings (SSSR count). The Morgan fingerprint density at radius 3 is 2.44 bits per heavy atom. The summed E-state index contributed by atoms with van der Waals surface area (Å²) in [6.07, 6.45) is 0. The fourth-order valence-electron chi connectivity index (χ4n) is 1.99. The van der Waals surface area contributed by atoms with Crippen molar-refractivity contribution in [2.45, 2.75) is 24.8 Å². The molecule has 1 heterocycles. The van der Waals surface area contributed by atoms with E-state index in [0.717, 1.165) is 12.3 Å². The van der Waals surface area contributed by atoms with Crippen molar-refractivity contribution in [2.24, 2.45) is 0 Å². The molecular formula is C15H19NS2. The second-order valence-corrected chi connectivity index (χ2v) is 6.17. The Morgan fingerprint density at radius 2 is 1.89 bits per heavy atom. The summed E-state index contributed by atoms with van der Waals surface area (Å²) in [6, 6.07) is 11.4. The molecule has 1 unspecified atom stereocenters. The molecule has 1 aromatic carbocycles. The van der Waals surface area contributed by atoms with E-state index in [-0.39, 0.29) is 0 Å². The van der Waals surface area contributed by atoms with Gasteiger partial charge in [-0.15, -0.1) is 11.8 Å². The smallest absolute Gasteiger partial charge is 0.0584 e. The van der Waals surface area contributed by atoms with Crippen LogP contribution in [-0.4, -0.2) is 12.3 Å². The van der Waals surface area contributed by atoms with Crippen molar-refractivity contribution >= 4 is 23.1 Å². The summed E-state index contributed by atoms with van der Waals surface area (Å²) < 4.78 is 0. The third-order valence-electron chi connectivity index (χ3n) is 2.81. The van der Waals surface area contributed by atoms with E-state index in [9.17, 15) is 0 Å². The minimum Gasteiger partial charge on any atom is -0.307 e. The summed E-state index contributed by atoms with van der Waals surface area (Å²) in [6.45, 7) is 5.32. The van der Waals surface area contributed by atoms with Crippen LogP contribution in [0.25, 0.3) is 0 Å². The van der Waals surface area contributed by atoms with Gasteiger partial charge in [0.15, 0.2) is 0 Å². The Morgan fingerprint density at radius 1 is 1.11 bits per heavy atom. The number of rotatable bonds is 6. The molecule has 3 heteroatoms. The van der Waals surface area contributed by atoms with E-state index in [0.29, 0.717) is 6.04 Å². The van der Waals surface area contributed by atoms with Crippen LogP contribution in [0.4, 0.5) is 0 Å². The Hall–Kier alpha value is -0.770. The fraction of sp³-hybridized carbons (Fsp3) is 0.333. The second kappa shape index (κ2) is 6.98. The van der Waals surface area contributed by atoms with Crippen LogP contribution in [0.5, 0.6) is 0 Å². The zero-order valence-corrected chi connectivity index (χ0v) is 12.5. The zero-order chi connectivity index (χ0) is 12.8. The lowest BCUT2D eigenvalue weighted by Crippen LogP contribution is -2.21. The first-order valence-electron chi connectivity index (χ1n) is 6.33. The van der Waals surface area contributed by atoms with E-state index in [1.807, 2.05) is 11.8 Å². The maximum atomic E-state index is 3.55. The molecule has 0 saturated heterocycles. The molecule has 0 fully saturated rings.